The SMILES string of the molecule is CCCOC(=O)CN(C)/C(N)=N/P(=O)(OCCOC(=O)OCCc1ccccc1)OCCOC(=O)OCCc1ccccc1. The fourth-order valence-corrected chi connectivity index (χ4v) is 4.47. The van der Waals surface area contributed by atoms with Gasteiger partial charge in [0.1, 0.15) is 19.8 Å². The molecule has 0 fully saturated rings. The van der Waals surface area contributed by atoms with E-state index in [2.05, 4.69) is 4.76 Å². The second-order valence-corrected chi connectivity index (χ2v) is 10.7. The lowest BCUT2D eigenvalue weighted by Gasteiger charge is -2.20. The third-order valence-corrected chi connectivity index (χ3v) is 6.94. The van der Waals surface area contributed by atoms with E-state index in [1.54, 1.807) is 0 Å². The molecule has 0 aliphatic rings. The molecule has 0 amide bonds. The zero-order chi connectivity index (χ0) is 32.0. The molecule has 0 aromatic heterocycles. The molecule has 0 radical (unpaired) electrons. The van der Waals surface area contributed by atoms with Crippen molar-refractivity contribution in [2.75, 3.05) is 59.8 Å². The molecule has 0 spiro atoms. The molecule has 0 saturated heterocycles. The summed E-state index contributed by atoms with van der Waals surface area (Å²) in [4.78, 5) is 36.9. The second-order valence-electron chi connectivity index (χ2n) is 9.03. The quantitative estimate of drug-likeness (QED) is 0.0582. The number of carbonyl (C=O) groups is 3. The number of guanidine groups is 1. The van der Waals surface area contributed by atoms with E-state index in [1.807, 2.05) is 67.6 Å². The monoisotopic (exact) mass is 637 g/mol. The molecule has 0 aliphatic carbocycles. The maximum absolute atomic E-state index is 13.3. The highest BCUT2D eigenvalue weighted by atomic mass is 31.2. The molecule has 242 valence electrons. The maximum atomic E-state index is 13.3. The minimum Gasteiger partial charge on any atom is -0.464 e. The van der Waals surface area contributed by atoms with E-state index in [0.29, 0.717) is 19.3 Å². The second kappa shape index (κ2) is 20.7. The molecule has 2 rings (SSSR count). The molecule has 0 bridgehead atoms. The number of hydrogen-bond donors (Lipinski definition) is 1. The van der Waals surface area contributed by atoms with Crippen molar-refractivity contribution < 1.29 is 51.7 Å². The van der Waals surface area contributed by atoms with Crippen LogP contribution in [0.4, 0.5) is 9.59 Å². The van der Waals surface area contributed by atoms with Gasteiger partial charge < -0.3 is 34.3 Å². The zero-order valence-corrected chi connectivity index (χ0v) is 25.9. The van der Waals surface area contributed by atoms with Crippen molar-refractivity contribution in [3.8, 4) is 0 Å². The predicted octanol–water partition coefficient (Wildman–Crippen LogP) is 4.12. The molecule has 0 heterocycles. The largest absolute Gasteiger partial charge is 0.508 e. The number of likely N-dealkylation sites (N-methyl/N-ethyl adjacent to an activating group) is 1. The van der Waals surface area contributed by atoms with Crippen LogP contribution in [0, 0.1) is 0 Å². The lowest BCUT2D eigenvalue weighted by molar-refractivity contribution is -0.143. The van der Waals surface area contributed by atoms with Gasteiger partial charge in [-0.15, -0.1) is 4.76 Å². The van der Waals surface area contributed by atoms with Crippen molar-refractivity contribution >= 4 is 32.0 Å². The van der Waals surface area contributed by atoms with E-state index in [9.17, 15) is 18.9 Å². The van der Waals surface area contributed by atoms with Crippen molar-refractivity contribution in [1.82, 2.24) is 4.90 Å². The smallest absolute Gasteiger partial charge is 0.464 e. The van der Waals surface area contributed by atoms with Crippen LogP contribution in [0.1, 0.15) is 24.5 Å². The van der Waals surface area contributed by atoms with E-state index in [4.69, 9.17) is 38.5 Å². The first-order valence-electron chi connectivity index (χ1n) is 14.0. The molecule has 0 atom stereocenters. The van der Waals surface area contributed by atoms with E-state index < -0.39 is 39.2 Å². The van der Waals surface area contributed by atoms with Gasteiger partial charge in [-0.2, -0.15) is 0 Å². The molecule has 15 heteroatoms. The number of rotatable bonds is 19. The highest BCUT2D eigenvalue weighted by Crippen LogP contribution is 2.49. The van der Waals surface area contributed by atoms with Crippen molar-refractivity contribution in [3.63, 3.8) is 0 Å². The first-order valence-corrected chi connectivity index (χ1v) is 15.5. The summed E-state index contributed by atoms with van der Waals surface area (Å²) in [5.41, 5.74) is 7.90. The standard InChI is InChI=1S/C29H40N3O11P/c1-3-16-37-26(33)23-32(2)27(30)31-44(36,42-21-19-40-28(34)38-17-14-24-10-6-4-7-11-24)43-22-20-41-29(35)39-18-15-25-12-8-5-9-13-25/h4-13H,3,14-23H2,1-2H3,(H2,30,31,36). The van der Waals surface area contributed by atoms with Crippen molar-refractivity contribution in [2.24, 2.45) is 10.5 Å². The summed E-state index contributed by atoms with van der Waals surface area (Å²) in [7, 11) is -2.90. The Balaban J connectivity index is 1.83. The molecule has 0 unspecified atom stereocenters. The first kappa shape index (κ1) is 36.1. The van der Waals surface area contributed by atoms with Crippen LogP contribution in [-0.4, -0.2) is 89.0 Å². The lowest BCUT2D eigenvalue weighted by atomic mass is 10.2. The summed E-state index contributed by atoms with van der Waals surface area (Å²) >= 11 is 0. The molecule has 44 heavy (non-hydrogen) atoms. The Labute approximate surface area is 256 Å². The summed E-state index contributed by atoms with van der Waals surface area (Å²) in [6.07, 6.45) is -0.223. The van der Waals surface area contributed by atoms with Crippen LogP contribution in [0.2, 0.25) is 0 Å². The Morgan fingerprint density at radius 2 is 1.16 bits per heavy atom. The minimum absolute atomic E-state index is 0.105. The van der Waals surface area contributed by atoms with E-state index in [0.717, 1.165) is 11.1 Å². The van der Waals surface area contributed by atoms with Crippen LogP contribution in [0.25, 0.3) is 0 Å². The van der Waals surface area contributed by atoms with Crippen molar-refractivity contribution in [3.05, 3.63) is 71.8 Å². The summed E-state index contributed by atoms with van der Waals surface area (Å²) in [5, 5.41) is 0. The Bertz CT molecular complexity index is 1150. The fourth-order valence-electron chi connectivity index (χ4n) is 3.27. The Morgan fingerprint density at radius 3 is 1.61 bits per heavy atom. The van der Waals surface area contributed by atoms with Gasteiger partial charge in [-0.25, -0.2) is 14.2 Å². The van der Waals surface area contributed by atoms with Gasteiger partial charge in [0, 0.05) is 19.9 Å². The number of ether oxygens (including phenoxy) is 5. The predicted molar refractivity (Wildman–Crippen MR) is 160 cm³/mol. The molecule has 2 aromatic rings. The third-order valence-electron chi connectivity index (χ3n) is 5.47. The molecule has 0 saturated carbocycles. The average molecular weight is 638 g/mol. The average Bonchev–Trinajstić information content (AvgIpc) is 3.01. The van der Waals surface area contributed by atoms with Gasteiger partial charge in [0.25, 0.3) is 0 Å². The molecular formula is C29H40N3O11P. The van der Waals surface area contributed by atoms with E-state index in [-0.39, 0.29) is 45.5 Å². The van der Waals surface area contributed by atoms with Crippen LogP contribution in [0.5, 0.6) is 0 Å². The van der Waals surface area contributed by atoms with E-state index in [1.165, 1.54) is 11.9 Å². The Kier molecular flexibility index (Phi) is 17.0. The number of nitrogens with zero attached hydrogens (tertiary/aromatic N) is 2. The lowest BCUT2D eigenvalue weighted by Crippen LogP contribution is -2.38. The Morgan fingerprint density at radius 1 is 0.705 bits per heavy atom. The van der Waals surface area contributed by atoms with Gasteiger partial charge in [-0.3, -0.25) is 13.8 Å². The van der Waals surface area contributed by atoms with Crippen LogP contribution >= 0.6 is 7.75 Å². The molecule has 2 aromatic carbocycles. The first-order chi connectivity index (χ1) is 21.2. The highest BCUT2D eigenvalue weighted by molar-refractivity contribution is 7.52. The van der Waals surface area contributed by atoms with E-state index >= 15 is 0 Å². The van der Waals surface area contributed by atoms with Crippen LogP contribution in [0.3, 0.4) is 0 Å². The van der Waals surface area contributed by atoms with Gasteiger partial charge in [-0.05, 0) is 17.5 Å². The number of nitrogens with two attached hydrogens (primary N) is 1. The maximum Gasteiger partial charge on any atom is 0.508 e. The van der Waals surface area contributed by atoms with Gasteiger partial charge >= 0.3 is 26.0 Å². The number of benzene rings is 2. The Hall–Kier alpha value is -4.13. The van der Waals surface area contributed by atoms with Gasteiger partial charge in [0.2, 0.25) is 5.96 Å². The van der Waals surface area contributed by atoms with Crippen LogP contribution in [0.15, 0.2) is 65.4 Å². The fraction of sp³-hybridized carbons (Fsp3) is 0.448. The van der Waals surface area contributed by atoms with Gasteiger partial charge in [0.05, 0.1) is 33.0 Å². The summed E-state index contributed by atoms with van der Waals surface area (Å²) in [5.74, 6) is -0.910. The van der Waals surface area contributed by atoms with Crippen LogP contribution in [-0.2, 0) is 54.9 Å². The minimum atomic E-state index is -4.33. The number of hydrogen-bond acceptors (Lipinski definition) is 11. The molecular weight excluding hydrogens is 597 g/mol. The summed E-state index contributed by atoms with van der Waals surface area (Å²) in [6, 6.07) is 18.9. The molecule has 2 N–H and O–H groups in total. The van der Waals surface area contributed by atoms with Gasteiger partial charge in [0.15, 0.2) is 0 Å². The third kappa shape index (κ3) is 15.9. The number of carbonyl (C=O) groups excluding carboxylic acids is 3. The van der Waals surface area contributed by atoms with Crippen LogP contribution < -0.4 is 5.73 Å². The number of esters is 1. The summed E-state index contributed by atoms with van der Waals surface area (Å²) in [6.45, 7) is 0.552. The zero-order valence-electron chi connectivity index (χ0n) is 25.0. The molecule has 14 nitrogen and oxygen atoms in total. The topological polar surface area (TPSA) is 175 Å². The van der Waals surface area contributed by atoms with Gasteiger partial charge in [-0.1, -0.05) is 67.6 Å². The highest BCUT2D eigenvalue weighted by Gasteiger charge is 2.27. The molecule has 0 aliphatic heterocycles. The van der Waals surface area contributed by atoms with Crippen molar-refractivity contribution in [2.45, 2.75) is 26.2 Å². The summed E-state index contributed by atoms with van der Waals surface area (Å²) < 4.78 is 52.7. The normalized spacial score (nSPS) is 11.4. The van der Waals surface area contributed by atoms with Crippen molar-refractivity contribution in [1.29, 1.82) is 0 Å².